The molecule has 1 amide bonds. The molecule has 1 saturated heterocycles. The molecule has 0 spiro atoms. The summed E-state index contributed by atoms with van der Waals surface area (Å²) >= 11 is 0. The molecule has 0 unspecified atom stereocenters. The number of amides is 1. The number of carbonyl (C=O) groups is 1. The molecule has 0 aromatic carbocycles. The van der Waals surface area contributed by atoms with Gasteiger partial charge in [-0.2, -0.15) is 8.78 Å². The minimum atomic E-state index is -3.92. The van der Waals surface area contributed by atoms with Crippen LogP contribution in [0.2, 0.25) is 0 Å². The molecule has 1 atom stereocenters. The molecular weight excluding hydrogens is 446 g/mol. The average molecular weight is 479 g/mol. The minimum absolute atomic E-state index is 0.0464. The van der Waals surface area contributed by atoms with Crippen LogP contribution >= 0.6 is 0 Å². The lowest BCUT2D eigenvalue weighted by atomic mass is 9.58. The molecule has 1 N–H and O–H groups in total. The van der Waals surface area contributed by atoms with E-state index < -0.39 is 34.3 Å². The monoisotopic (exact) mass is 478 g/mol. The van der Waals surface area contributed by atoms with E-state index in [1.165, 1.54) is 6.33 Å². The Bertz CT molecular complexity index is 1010. The molecule has 4 rings (SSSR count). The van der Waals surface area contributed by atoms with Crippen LogP contribution in [0.3, 0.4) is 0 Å². The minimum Gasteiger partial charge on any atom is -0.469 e. The van der Waals surface area contributed by atoms with Crippen LogP contribution in [0.4, 0.5) is 8.78 Å². The van der Waals surface area contributed by atoms with E-state index in [0.29, 0.717) is 36.6 Å². The van der Waals surface area contributed by atoms with Gasteiger partial charge in [0.2, 0.25) is 5.88 Å². The molecule has 2 fully saturated rings. The second kappa shape index (κ2) is 8.55. The third-order valence-electron chi connectivity index (χ3n) is 6.70. The van der Waals surface area contributed by atoms with E-state index >= 15 is 8.78 Å². The number of hydrogen-bond acceptors (Lipinski definition) is 7. The highest BCUT2D eigenvalue weighted by molar-refractivity contribution is 5.85. The Morgan fingerprint density at radius 1 is 1.26 bits per heavy atom. The zero-order valence-corrected chi connectivity index (χ0v) is 20.1. The van der Waals surface area contributed by atoms with Crippen molar-refractivity contribution in [1.82, 2.24) is 20.0 Å². The Balaban J connectivity index is 1.50. The van der Waals surface area contributed by atoms with Crippen LogP contribution < -0.4 is 4.74 Å². The first-order valence-corrected chi connectivity index (χ1v) is 11.6. The Morgan fingerprint density at radius 3 is 2.62 bits per heavy atom. The summed E-state index contributed by atoms with van der Waals surface area (Å²) in [6.45, 7) is 7.65. The van der Waals surface area contributed by atoms with Crippen molar-refractivity contribution < 1.29 is 27.9 Å². The summed E-state index contributed by atoms with van der Waals surface area (Å²) < 4.78 is 42.2. The Hall–Kier alpha value is -2.62. The number of likely N-dealkylation sites (tertiary alicyclic amines) is 1. The lowest BCUT2D eigenvalue weighted by Gasteiger charge is -2.51. The van der Waals surface area contributed by atoms with E-state index in [9.17, 15) is 9.90 Å². The van der Waals surface area contributed by atoms with E-state index in [1.54, 1.807) is 18.3 Å². The highest BCUT2D eigenvalue weighted by atomic mass is 19.3. The highest BCUT2D eigenvalue weighted by Gasteiger charge is 2.65. The fraction of sp³-hybridized carbons (Fsp3) is 0.667. The van der Waals surface area contributed by atoms with Crippen molar-refractivity contribution in [2.75, 3.05) is 6.54 Å². The van der Waals surface area contributed by atoms with Crippen molar-refractivity contribution >= 4 is 5.91 Å². The molecule has 2 aromatic heterocycles. The predicted octanol–water partition coefficient (Wildman–Crippen LogP) is 4.31. The summed E-state index contributed by atoms with van der Waals surface area (Å²) in [6.07, 6.45) is 4.34. The molecule has 1 aliphatic heterocycles. The van der Waals surface area contributed by atoms with Crippen molar-refractivity contribution in [1.29, 1.82) is 0 Å². The van der Waals surface area contributed by atoms with Gasteiger partial charge in [0.15, 0.2) is 12.4 Å². The lowest BCUT2D eigenvalue weighted by molar-refractivity contribution is -0.231. The van der Waals surface area contributed by atoms with E-state index in [0.717, 1.165) is 4.90 Å². The first kappa shape index (κ1) is 24.5. The summed E-state index contributed by atoms with van der Waals surface area (Å²) in [5, 5.41) is 15.2. The fourth-order valence-electron chi connectivity index (χ4n) is 6.05. The normalized spacial score (nSPS) is 23.6. The van der Waals surface area contributed by atoms with E-state index in [1.807, 2.05) is 27.7 Å². The molecule has 0 radical (unpaired) electrons. The number of rotatable bonds is 6. The van der Waals surface area contributed by atoms with Gasteiger partial charge in [-0.15, -0.1) is 0 Å². The van der Waals surface area contributed by atoms with Gasteiger partial charge in [-0.3, -0.25) is 4.79 Å². The smallest absolute Gasteiger partial charge is 0.352 e. The van der Waals surface area contributed by atoms with Crippen molar-refractivity contribution in [3.63, 3.8) is 0 Å². The van der Waals surface area contributed by atoms with Gasteiger partial charge >= 0.3 is 5.92 Å². The summed E-state index contributed by atoms with van der Waals surface area (Å²) in [5.74, 6) is -4.54. The van der Waals surface area contributed by atoms with Gasteiger partial charge in [-0.05, 0) is 42.9 Å². The molecule has 34 heavy (non-hydrogen) atoms. The fourth-order valence-corrected chi connectivity index (χ4v) is 6.05. The number of ether oxygens (including phenoxy) is 1. The van der Waals surface area contributed by atoms with Crippen LogP contribution in [0.15, 0.2) is 29.2 Å². The maximum Gasteiger partial charge on any atom is 0.352 e. The number of aromatic nitrogens is 3. The highest BCUT2D eigenvalue weighted by Crippen LogP contribution is 2.55. The van der Waals surface area contributed by atoms with Crippen LogP contribution in [-0.2, 0) is 11.4 Å². The zero-order chi connectivity index (χ0) is 24.8. The molecule has 3 heterocycles. The van der Waals surface area contributed by atoms with Crippen molar-refractivity contribution in [3.8, 4) is 5.88 Å². The molecule has 1 saturated carbocycles. The van der Waals surface area contributed by atoms with Crippen LogP contribution in [0.1, 0.15) is 77.3 Å². The number of hydrogen-bond donors (Lipinski definition) is 1. The van der Waals surface area contributed by atoms with Gasteiger partial charge in [-0.1, -0.05) is 32.9 Å². The molecule has 8 nitrogen and oxygen atoms in total. The summed E-state index contributed by atoms with van der Waals surface area (Å²) in [7, 11) is 0. The molecule has 1 aliphatic carbocycles. The van der Waals surface area contributed by atoms with E-state index in [4.69, 9.17) is 9.26 Å². The number of alkyl halides is 2. The van der Waals surface area contributed by atoms with Gasteiger partial charge in [0, 0.05) is 24.9 Å². The number of carbonyl (C=O) groups excluding carboxylic acids is 1. The Labute approximate surface area is 197 Å². The Morgan fingerprint density at radius 2 is 1.97 bits per heavy atom. The van der Waals surface area contributed by atoms with Gasteiger partial charge in [-0.25, -0.2) is 9.97 Å². The zero-order valence-electron chi connectivity index (χ0n) is 20.1. The van der Waals surface area contributed by atoms with Gasteiger partial charge in [0.05, 0.1) is 6.04 Å². The second-order valence-electron chi connectivity index (χ2n) is 11.2. The van der Waals surface area contributed by atoms with Crippen LogP contribution in [0, 0.1) is 10.8 Å². The molecule has 186 valence electrons. The largest absolute Gasteiger partial charge is 0.469 e. The number of nitrogens with zero attached hydrogens (tertiary/aromatic N) is 4. The SMILES string of the molecule is CC1(C)CC(C)(C)CC(O)(C(F)(F)C(=O)N2CCC[C@H]2c2cc(COc3ccncn3)on2)C1. The van der Waals surface area contributed by atoms with Gasteiger partial charge < -0.3 is 19.3 Å². The van der Waals surface area contributed by atoms with E-state index in [2.05, 4.69) is 15.1 Å². The summed E-state index contributed by atoms with van der Waals surface area (Å²) in [5.41, 5.74) is -3.06. The third kappa shape index (κ3) is 4.78. The molecule has 2 aliphatic rings. The maximum absolute atomic E-state index is 15.7. The standard InChI is InChI=1S/C24H32F2N4O4/c1-21(2)12-22(3,4)14-23(32,13-21)24(25,26)20(31)30-9-5-6-18(30)17-10-16(34-29-17)11-33-19-7-8-27-15-28-19/h7-8,10,15,18,32H,5-6,9,11-14H2,1-4H3/t18-/m0/s1. The van der Waals surface area contributed by atoms with Crippen LogP contribution in [0.5, 0.6) is 5.88 Å². The number of aliphatic hydroxyl groups is 1. The molecule has 0 bridgehead atoms. The van der Waals surface area contributed by atoms with E-state index in [-0.39, 0.29) is 26.0 Å². The van der Waals surface area contributed by atoms with Crippen molar-refractivity contribution in [2.45, 2.75) is 84.0 Å². The number of halogens is 2. The van der Waals surface area contributed by atoms with Crippen molar-refractivity contribution in [2.24, 2.45) is 10.8 Å². The Kier molecular flexibility index (Phi) is 6.16. The van der Waals surface area contributed by atoms with Gasteiger partial charge in [0.25, 0.3) is 5.91 Å². The van der Waals surface area contributed by atoms with Crippen molar-refractivity contribution in [3.05, 3.63) is 36.1 Å². The topological polar surface area (TPSA) is 102 Å². The predicted molar refractivity (Wildman–Crippen MR) is 118 cm³/mol. The van der Waals surface area contributed by atoms with Crippen LogP contribution in [0.25, 0.3) is 0 Å². The average Bonchev–Trinajstić information content (AvgIpc) is 3.39. The van der Waals surface area contributed by atoms with Gasteiger partial charge in [0.1, 0.15) is 17.6 Å². The molecular formula is C24H32F2N4O4. The third-order valence-corrected chi connectivity index (χ3v) is 6.70. The summed E-state index contributed by atoms with van der Waals surface area (Å²) in [6, 6.07) is 2.55. The second-order valence-corrected chi connectivity index (χ2v) is 11.2. The maximum atomic E-state index is 15.7. The lowest BCUT2D eigenvalue weighted by Crippen LogP contribution is -2.62. The molecule has 2 aromatic rings. The summed E-state index contributed by atoms with van der Waals surface area (Å²) in [4.78, 5) is 22.1. The van der Waals surface area contributed by atoms with Crippen LogP contribution in [-0.4, -0.2) is 49.1 Å². The first-order chi connectivity index (χ1) is 15.8. The quantitative estimate of drug-likeness (QED) is 0.660. The molecule has 10 heteroatoms. The first-order valence-electron chi connectivity index (χ1n) is 11.6.